The summed E-state index contributed by atoms with van der Waals surface area (Å²) in [7, 11) is 0. The monoisotopic (exact) mass is 110 g/mol. The van der Waals surface area contributed by atoms with Crippen molar-refractivity contribution >= 4 is 0 Å². The van der Waals surface area contributed by atoms with Crippen LogP contribution in [0.3, 0.4) is 0 Å². The van der Waals surface area contributed by atoms with E-state index in [-0.39, 0.29) is 0 Å². The van der Waals surface area contributed by atoms with Crippen molar-refractivity contribution in [2.24, 2.45) is 0 Å². The van der Waals surface area contributed by atoms with Gasteiger partial charge in [0.25, 0.3) is 0 Å². The third-order valence-electron chi connectivity index (χ3n) is 0.635. The fraction of sp³-hybridized carbons (Fsp3) is 0. The number of aromatic amines is 1. The third kappa shape index (κ3) is 1.47. The lowest BCUT2D eigenvalue weighted by molar-refractivity contribution is 0.366. The Labute approximate surface area is 46.6 Å². The van der Waals surface area contributed by atoms with E-state index in [0.717, 1.165) is 0 Å². The first-order valence-electron chi connectivity index (χ1n) is 2.25. The van der Waals surface area contributed by atoms with Crippen LogP contribution in [0.4, 0.5) is 0 Å². The highest BCUT2D eigenvalue weighted by Crippen LogP contribution is 1.72. The lowest BCUT2D eigenvalue weighted by Gasteiger charge is -1.73. The highest BCUT2D eigenvalue weighted by Gasteiger charge is 1.58. The molecule has 3 nitrogen and oxygen atoms in total. The van der Waals surface area contributed by atoms with Crippen LogP contribution in [0.1, 0.15) is 0 Å². The molecule has 8 heavy (non-hydrogen) atoms. The van der Waals surface area contributed by atoms with Crippen LogP contribution in [-0.4, -0.2) is 10.4 Å². The second kappa shape index (κ2) is 2.85. The van der Waals surface area contributed by atoms with Crippen molar-refractivity contribution in [1.82, 2.24) is 10.4 Å². The first kappa shape index (κ1) is 4.90. The van der Waals surface area contributed by atoms with Gasteiger partial charge in [-0.1, -0.05) is 6.07 Å². The minimum absolute atomic E-state index is 1.51. The van der Waals surface area contributed by atoms with Crippen LogP contribution in [0.2, 0.25) is 0 Å². The van der Waals surface area contributed by atoms with Crippen molar-refractivity contribution in [3.63, 3.8) is 0 Å². The molecule has 0 aliphatic heterocycles. The summed E-state index contributed by atoms with van der Waals surface area (Å²) in [5.41, 5.74) is 0. The summed E-state index contributed by atoms with van der Waals surface area (Å²) in [6.07, 6.45) is 3.11. The van der Waals surface area contributed by atoms with Crippen molar-refractivity contribution in [1.29, 1.82) is 0 Å². The van der Waals surface area contributed by atoms with Crippen LogP contribution in [0.15, 0.2) is 35.2 Å². The molecule has 0 saturated carbocycles. The molecule has 0 fully saturated rings. The van der Waals surface area contributed by atoms with E-state index in [1.54, 1.807) is 18.3 Å². The minimum atomic E-state index is 1.51. The molecule has 3 heteroatoms. The van der Waals surface area contributed by atoms with E-state index in [9.17, 15) is 0 Å². The SMILES string of the molecule is c1ccn[nH]occ1. The van der Waals surface area contributed by atoms with Crippen LogP contribution >= 0.6 is 0 Å². The zero-order chi connectivity index (χ0) is 5.66. The Morgan fingerprint density at radius 3 is 3.25 bits per heavy atom. The maximum atomic E-state index is 4.59. The molecule has 0 amide bonds. The normalized spacial score (nSPS) is 8.00. The second-order valence-electron chi connectivity index (χ2n) is 1.20. The summed E-state index contributed by atoms with van der Waals surface area (Å²) in [6, 6.07) is 5.38. The standard InChI is InChI=1S/C5H6N2O/c1-2-4-6-7-8-5-3-1/h1-5,7H. The number of hydrogen-bond acceptors (Lipinski definition) is 2. The molecule has 0 aromatic carbocycles. The van der Waals surface area contributed by atoms with Gasteiger partial charge in [-0.2, -0.15) is 5.10 Å². The smallest absolute Gasteiger partial charge is 0.121 e. The predicted molar refractivity (Wildman–Crippen MR) is 28.5 cm³/mol. The molecule has 0 unspecified atom stereocenters. The molecular formula is C5H6N2O. The maximum absolute atomic E-state index is 4.59. The Kier molecular flexibility index (Phi) is 1.74. The molecule has 42 valence electrons. The Morgan fingerprint density at radius 1 is 1.25 bits per heavy atom. The van der Waals surface area contributed by atoms with Gasteiger partial charge in [-0.25, -0.2) is 0 Å². The van der Waals surface area contributed by atoms with E-state index in [0.29, 0.717) is 0 Å². The molecule has 0 saturated heterocycles. The number of aromatic nitrogens is 2. The first-order valence-corrected chi connectivity index (χ1v) is 2.25. The van der Waals surface area contributed by atoms with E-state index in [1.807, 2.05) is 6.07 Å². The topological polar surface area (TPSA) is 41.8 Å². The van der Waals surface area contributed by atoms with E-state index in [2.05, 4.69) is 14.9 Å². The largest absolute Gasteiger partial charge is 0.373 e. The summed E-state index contributed by atoms with van der Waals surface area (Å²) in [5.74, 6) is 0. The number of nitrogens with one attached hydrogen (secondary N) is 1. The molecule has 1 N–H and O–H groups in total. The third-order valence-corrected chi connectivity index (χ3v) is 0.635. The van der Waals surface area contributed by atoms with Crippen LogP contribution in [0.25, 0.3) is 0 Å². The van der Waals surface area contributed by atoms with Gasteiger partial charge in [-0.3, -0.25) is 0 Å². The molecular weight excluding hydrogens is 104 g/mol. The van der Waals surface area contributed by atoms with Gasteiger partial charge in [0.1, 0.15) is 6.26 Å². The summed E-state index contributed by atoms with van der Waals surface area (Å²) in [6.45, 7) is 0. The van der Waals surface area contributed by atoms with E-state index < -0.39 is 0 Å². The average Bonchev–Trinajstić information content (AvgIpc) is 1.62. The Morgan fingerprint density at radius 2 is 2.25 bits per heavy atom. The van der Waals surface area contributed by atoms with Gasteiger partial charge in [-0.05, 0) is 12.1 Å². The minimum Gasteiger partial charge on any atom is -0.373 e. The molecule has 0 aliphatic carbocycles. The molecule has 0 atom stereocenters. The number of rotatable bonds is 0. The summed E-state index contributed by atoms with van der Waals surface area (Å²) >= 11 is 0. The lowest BCUT2D eigenvalue weighted by Crippen LogP contribution is -1.67. The van der Waals surface area contributed by atoms with Crippen LogP contribution in [-0.2, 0) is 0 Å². The molecule has 1 heterocycles. The Bertz CT molecular complexity index is 115. The average molecular weight is 110 g/mol. The van der Waals surface area contributed by atoms with Crippen molar-refractivity contribution < 1.29 is 4.52 Å². The number of H-pyrrole nitrogens is 1. The zero-order valence-corrected chi connectivity index (χ0v) is 4.24. The van der Waals surface area contributed by atoms with Gasteiger partial charge >= 0.3 is 0 Å². The summed E-state index contributed by atoms with van der Waals surface area (Å²) < 4.78 is 4.59. The summed E-state index contributed by atoms with van der Waals surface area (Å²) in [4.78, 5) is 0. The van der Waals surface area contributed by atoms with E-state index in [4.69, 9.17) is 0 Å². The zero-order valence-electron chi connectivity index (χ0n) is 4.24. The predicted octanol–water partition coefficient (Wildman–Crippen LogP) is 1.13. The molecule has 0 aliphatic rings. The fourth-order valence-electron chi connectivity index (χ4n) is 0.333. The molecule has 1 aromatic rings. The lowest BCUT2D eigenvalue weighted by atomic mass is 10.6. The Balaban J connectivity index is 3.00. The molecule has 1 aromatic heterocycles. The van der Waals surface area contributed by atoms with Gasteiger partial charge in [0.2, 0.25) is 0 Å². The van der Waals surface area contributed by atoms with Gasteiger partial charge in [0.15, 0.2) is 0 Å². The van der Waals surface area contributed by atoms with Crippen molar-refractivity contribution in [3.05, 3.63) is 30.7 Å². The molecule has 0 radical (unpaired) electrons. The van der Waals surface area contributed by atoms with Crippen molar-refractivity contribution in [2.75, 3.05) is 0 Å². The van der Waals surface area contributed by atoms with Crippen molar-refractivity contribution in [2.45, 2.75) is 0 Å². The van der Waals surface area contributed by atoms with E-state index >= 15 is 0 Å². The molecule has 0 spiro atoms. The van der Waals surface area contributed by atoms with Crippen LogP contribution < -0.4 is 0 Å². The van der Waals surface area contributed by atoms with Crippen LogP contribution in [0.5, 0.6) is 0 Å². The first-order chi connectivity index (χ1) is 4.00. The number of hydrogen-bond donors (Lipinski definition) is 1. The molecule has 0 bridgehead atoms. The Hall–Kier alpha value is -1.25. The van der Waals surface area contributed by atoms with Gasteiger partial charge in [0.05, 0.1) is 6.20 Å². The highest BCUT2D eigenvalue weighted by atomic mass is 16.5. The van der Waals surface area contributed by atoms with E-state index in [1.165, 1.54) is 6.26 Å². The summed E-state index contributed by atoms with van der Waals surface area (Å²) in [5, 5.41) is 5.91. The molecule has 1 rings (SSSR count). The van der Waals surface area contributed by atoms with Crippen LogP contribution in [0, 0.1) is 0 Å². The van der Waals surface area contributed by atoms with Gasteiger partial charge in [-0.15, -0.1) is 5.27 Å². The quantitative estimate of drug-likeness (QED) is 0.543. The highest BCUT2D eigenvalue weighted by molar-refractivity contribution is 4.82. The van der Waals surface area contributed by atoms with Gasteiger partial charge in [0, 0.05) is 0 Å². The second-order valence-corrected chi connectivity index (χ2v) is 1.20. The van der Waals surface area contributed by atoms with Gasteiger partial charge < -0.3 is 4.52 Å². The maximum Gasteiger partial charge on any atom is 0.121 e. The fourth-order valence-corrected chi connectivity index (χ4v) is 0.333. The van der Waals surface area contributed by atoms with Crippen molar-refractivity contribution in [3.8, 4) is 0 Å². The number of nitrogens with zero attached hydrogens (tertiary/aromatic N) is 1.